The molecule has 36 heavy (non-hydrogen) atoms. The maximum atomic E-state index is 13.5. The summed E-state index contributed by atoms with van der Waals surface area (Å²) in [4.78, 5) is 34.5. The molecule has 0 aliphatic carbocycles. The van der Waals surface area contributed by atoms with Crippen LogP contribution >= 0.6 is 0 Å². The largest absolute Gasteiger partial charge is 0.496 e. The van der Waals surface area contributed by atoms with Crippen LogP contribution < -0.4 is 20.1 Å². The molecular formula is C26H27N5O5. The minimum Gasteiger partial charge on any atom is -0.496 e. The first-order valence-electron chi connectivity index (χ1n) is 11.1. The Labute approximate surface area is 208 Å². The van der Waals surface area contributed by atoms with E-state index in [4.69, 9.17) is 19.2 Å². The molecule has 4 aromatic rings. The molecule has 0 fully saturated rings. The Bertz CT molecular complexity index is 1380. The van der Waals surface area contributed by atoms with Crippen molar-refractivity contribution in [1.29, 1.82) is 0 Å². The van der Waals surface area contributed by atoms with E-state index in [0.29, 0.717) is 45.2 Å². The van der Waals surface area contributed by atoms with E-state index in [1.54, 1.807) is 50.9 Å². The number of aryl methyl sites for hydroxylation is 1. The number of anilines is 1. The molecule has 0 atom stereocenters. The highest BCUT2D eigenvalue weighted by Crippen LogP contribution is 2.30. The zero-order chi connectivity index (χ0) is 25.7. The smallest absolute Gasteiger partial charge is 0.253 e. The molecule has 2 N–H and O–H groups in total. The summed E-state index contributed by atoms with van der Waals surface area (Å²) >= 11 is 0. The third-order valence-corrected chi connectivity index (χ3v) is 5.67. The number of carbonyl (C=O) groups excluding carboxylic acids is 2. The first kappa shape index (κ1) is 24.7. The average Bonchev–Trinajstić information content (AvgIpc) is 3.23. The number of nitrogens with zero attached hydrogens (tertiary/aromatic N) is 3. The summed E-state index contributed by atoms with van der Waals surface area (Å²) in [7, 11) is 6.40. The van der Waals surface area contributed by atoms with Gasteiger partial charge in [-0.15, -0.1) is 0 Å². The minimum absolute atomic E-state index is 0.113. The molecule has 0 aliphatic rings. The summed E-state index contributed by atoms with van der Waals surface area (Å²) in [6.07, 6.45) is 3.36. The highest BCUT2D eigenvalue weighted by molar-refractivity contribution is 6.08. The van der Waals surface area contributed by atoms with Gasteiger partial charge in [0.15, 0.2) is 0 Å². The van der Waals surface area contributed by atoms with Crippen molar-refractivity contribution in [2.45, 2.75) is 6.54 Å². The molecule has 2 heterocycles. The summed E-state index contributed by atoms with van der Waals surface area (Å²) in [6, 6.07) is 12.5. The van der Waals surface area contributed by atoms with Gasteiger partial charge in [-0.25, -0.2) is 4.98 Å². The fourth-order valence-corrected chi connectivity index (χ4v) is 4.05. The van der Waals surface area contributed by atoms with Crippen LogP contribution in [0, 0.1) is 0 Å². The van der Waals surface area contributed by atoms with Crippen LogP contribution in [0.2, 0.25) is 0 Å². The lowest BCUT2D eigenvalue weighted by atomic mass is 10.1. The number of pyridine rings is 1. The fourth-order valence-electron chi connectivity index (χ4n) is 4.05. The maximum Gasteiger partial charge on any atom is 0.253 e. The molecule has 10 heteroatoms. The predicted molar refractivity (Wildman–Crippen MR) is 135 cm³/mol. The van der Waals surface area contributed by atoms with E-state index in [0.717, 1.165) is 5.56 Å². The van der Waals surface area contributed by atoms with E-state index in [-0.39, 0.29) is 25.0 Å². The number of methoxy groups -OCH3 is 3. The number of aromatic nitrogens is 3. The van der Waals surface area contributed by atoms with E-state index in [1.165, 1.54) is 7.11 Å². The van der Waals surface area contributed by atoms with E-state index in [9.17, 15) is 9.59 Å². The monoisotopic (exact) mass is 489 g/mol. The Morgan fingerprint density at radius 1 is 1.00 bits per heavy atom. The van der Waals surface area contributed by atoms with Crippen LogP contribution in [-0.2, 0) is 23.1 Å². The summed E-state index contributed by atoms with van der Waals surface area (Å²) in [5.74, 6) is 1.17. The highest BCUT2D eigenvalue weighted by atomic mass is 16.5. The zero-order valence-corrected chi connectivity index (χ0v) is 20.5. The number of carbonyl (C=O) groups is 2. The van der Waals surface area contributed by atoms with E-state index in [1.807, 2.05) is 29.8 Å². The number of amides is 2. The number of fused-ring (bicyclic) bond motifs is 1. The Kier molecular flexibility index (Phi) is 7.45. The van der Waals surface area contributed by atoms with Gasteiger partial charge < -0.3 is 29.4 Å². The molecule has 2 aromatic heterocycles. The standard InChI is InChI=1S/C26H27N5O5/c1-31-24-18(26(33)28-14-19-21(35-3)6-5-7-22(19)36-4)12-17(29-23(32)15-34-2)13-20(24)30-25(31)16-8-10-27-11-9-16/h5-13H,14-15H2,1-4H3,(H,28,33)(H,29,32). The van der Waals surface area contributed by atoms with Gasteiger partial charge in [0.1, 0.15) is 23.9 Å². The van der Waals surface area contributed by atoms with E-state index >= 15 is 0 Å². The van der Waals surface area contributed by atoms with Crippen LogP contribution in [0.5, 0.6) is 11.5 Å². The topological polar surface area (TPSA) is 117 Å². The summed E-state index contributed by atoms with van der Waals surface area (Å²) in [5.41, 5.74) is 3.52. The van der Waals surface area contributed by atoms with Crippen molar-refractivity contribution in [3.8, 4) is 22.9 Å². The number of imidazole rings is 1. The van der Waals surface area contributed by atoms with Gasteiger partial charge in [-0.05, 0) is 36.4 Å². The van der Waals surface area contributed by atoms with Crippen molar-refractivity contribution in [3.05, 3.63) is 66.0 Å². The molecule has 186 valence electrons. The van der Waals surface area contributed by atoms with Gasteiger partial charge in [-0.1, -0.05) is 6.07 Å². The predicted octanol–water partition coefficient (Wildman–Crippen LogP) is 3.17. The Morgan fingerprint density at radius 3 is 2.33 bits per heavy atom. The normalized spacial score (nSPS) is 10.8. The third kappa shape index (κ3) is 4.98. The van der Waals surface area contributed by atoms with Crippen molar-refractivity contribution < 1.29 is 23.8 Å². The molecule has 2 aromatic carbocycles. The van der Waals surface area contributed by atoms with Crippen molar-refractivity contribution in [2.75, 3.05) is 33.3 Å². The van der Waals surface area contributed by atoms with Gasteiger partial charge in [-0.3, -0.25) is 14.6 Å². The van der Waals surface area contributed by atoms with Crippen LogP contribution in [0.4, 0.5) is 5.69 Å². The Morgan fingerprint density at radius 2 is 1.69 bits per heavy atom. The van der Waals surface area contributed by atoms with E-state index < -0.39 is 0 Å². The van der Waals surface area contributed by atoms with Gasteiger partial charge in [0.05, 0.1) is 42.9 Å². The van der Waals surface area contributed by atoms with Crippen LogP contribution in [0.1, 0.15) is 15.9 Å². The first-order valence-corrected chi connectivity index (χ1v) is 11.1. The molecule has 0 aliphatic heterocycles. The second kappa shape index (κ2) is 10.9. The zero-order valence-electron chi connectivity index (χ0n) is 20.5. The molecule has 0 bridgehead atoms. The number of hydrogen-bond donors (Lipinski definition) is 2. The second-order valence-corrected chi connectivity index (χ2v) is 7.93. The van der Waals surface area contributed by atoms with Gasteiger partial charge >= 0.3 is 0 Å². The first-order chi connectivity index (χ1) is 17.5. The number of hydrogen-bond acceptors (Lipinski definition) is 7. The number of nitrogens with one attached hydrogen (secondary N) is 2. The molecule has 2 amide bonds. The lowest BCUT2D eigenvalue weighted by molar-refractivity contribution is -0.119. The van der Waals surface area contributed by atoms with Crippen molar-refractivity contribution in [3.63, 3.8) is 0 Å². The highest BCUT2D eigenvalue weighted by Gasteiger charge is 2.21. The van der Waals surface area contributed by atoms with Crippen LogP contribution in [-0.4, -0.2) is 54.3 Å². The summed E-state index contributed by atoms with van der Waals surface area (Å²) in [5, 5.41) is 5.72. The van der Waals surface area contributed by atoms with Crippen molar-refractivity contribution >= 4 is 28.5 Å². The lowest BCUT2D eigenvalue weighted by Gasteiger charge is -2.15. The average molecular weight is 490 g/mol. The van der Waals surface area contributed by atoms with Gasteiger partial charge in [0, 0.05) is 37.8 Å². The molecule has 4 rings (SSSR count). The molecular weight excluding hydrogens is 462 g/mol. The molecule has 0 spiro atoms. The molecule has 0 saturated heterocycles. The van der Waals surface area contributed by atoms with Crippen LogP contribution in [0.15, 0.2) is 54.9 Å². The van der Waals surface area contributed by atoms with Crippen molar-refractivity contribution in [2.24, 2.45) is 7.05 Å². The SMILES string of the molecule is COCC(=O)Nc1cc(C(=O)NCc2c(OC)cccc2OC)c2c(c1)nc(-c1ccncc1)n2C. The van der Waals surface area contributed by atoms with Gasteiger partial charge in [-0.2, -0.15) is 0 Å². The molecule has 0 saturated carbocycles. The van der Waals surface area contributed by atoms with Crippen LogP contribution in [0.3, 0.4) is 0 Å². The quantitative estimate of drug-likeness (QED) is 0.371. The Balaban J connectivity index is 1.76. The fraction of sp³-hybridized carbons (Fsp3) is 0.231. The lowest BCUT2D eigenvalue weighted by Crippen LogP contribution is -2.24. The summed E-state index contributed by atoms with van der Waals surface area (Å²) in [6.45, 7) is 0.0560. The Hall–Kier alpha value is -4.44. The maximum absolute atomic E-state index is 13.5. The number of rotatable bonds is 9. The third-order valence-electron chi connectivity index (χ3n) is 5.67. The molecule has 10 nitrogen and oxygen atoms in total. The van der Waals surface area contributed by atoms with Gasteiger partial charge in [0.2, 0.25) is 5.91 Å². The molecule has 0 radical (unpaired) electrons. The summed E-state index contributed by atoms with van der Waals surface area (Å²) < 4.78 is 17.7. The number of benzene rings is 2. The molecule has 0 unspecified atom stereocenters. The second-order valence-electron chi connectivity index (χ2n) is 7.93. The minimum atomic E-state index is -0.347. The van der Waals surface area contributed by atoms with E-state index in [2.05, 4.69) is 15.6 Å². The number of ether oxygens (including phenoxy) is 3. The van der Waals surface area contributed by atoms with Crippen LogP contribution in [0.25, 0.3) is 22.4 Å². The van der Waals surface area contributed by atoms with Crippen molar-refractivity contribution in [1.82, 2.24) is 19.9 Å². The van der Waals surface area contributed by atoms with Gasteiger partial charge in [0.25, 0.3) is 5.91 Å².